The molecule has 2 atom stereocenters. The standard InChI is InChI=1S/C11H19N3O3/c1-3-14-11(8(15-2)6-13-14)10(12)9-7-16-4-5-17-9/h6,9-10H,3-5,7,12H2,1-2H3. The third kappa shape index (κ3) is 2.43. The summed E-state index contributed by atoms with van der Waals surface area (Å²) in [5.74, 6) is 0.702. The molecule has 0 aliphatic carbocycles. The summed E-state index contributed by atoms with van der Waals surface area (Å²) in [5.41, 5.74) is 7.09. The van der Waals surface area contributed by atoms with Crippen LogP contribution in [-0.4, -0.2) is 42.8 Å². The van der Waals surface area contributed by atoms with Crippen molar-refractivity contribution in [3.05, 3.63) is 11.9 Å². The second kappa shape index (κ2) is 5.48. The van der Waals surface area contributed by atoms with Crippen LogP contribution in [0.15, 0.2) is 6.20 Å². The van der Waals surface area contributed by atoms with Crippen molar-refractivity contribution >= 4 is 0 Å². The molecule has 1 aromatic rings. The number of hydrogen-bond donors (Lipinski definition) is 1. The van der Waals surface area contributed by atoms with Gasteiger partial charge in [-0.2, -0.15) is 5.10 Å². The maximum absolute atomic E-state index is 6.22. The third-order valence-electron chi connectivity index (χ3n) is 2.92. The molecule has 17 heavy (non-hydrogen) atoms. The Morgan fingerprint density at radius 1 is 1.65 bits per heavy atom. The summed E-state index contributed by atoms with van der Waals surface area (Å²) < 4.78 is 18.1. The average molecular weight is 241 g/mol. The molecule has 6 heteroatoms. The van der Waals surface area contributed by atoms with Crippen LogP contribution in [0.3, 0.4) is 0 Å². The van der Waals surface area contributed by atoms with Crippen LogP contribution in [-0.2, 0) is 16.0 Å². The Hall–Kier alpha value is -1.11. The van der Waals surface area contributed by atoms with Gasteiger partial charge in [0, 0.05) is 6.54 Å². The van der Waals surface area contributed by atoms with Crippen molar-refractivity contribution in [1.29, 1.82) is 0 Å². The molecule has 0 spiro atoms. The van der Waals surface area contributed by atoms with Gasteiger partial charge in [0.15, 0.2) is 5.75 Å². The Kier molecular flexibility index (Phi) is 3.98. The Morgan fingerprint density at radius 3 is 3.06 bits per heavy atom. The lowest BCUT2D eigenvalue weighted by molar-refractivity contribution is -0.0985. The van der Waals surface area contributed by atoms with Crippen molar-refractivity contribution in [2.75, 3.05) is 26.9 Å². The molecule has 2 rings (SSSR count). The van der Waals surface area contributed by atoms with E-state index in [1.54, 1.807) is 13.3 Å². The Labute approximate surface area is 101 Å². The first kappa shape index (κ1) is 12.3. The fraction of sp³-hybridized carbons (Fsp3) is 0.727. The molecule has 1 aromatic heterocycles. The highest BCUT2D eigenvalue weighted by Crippen LogP contribution is 2.27. The molecule has 0 radical (unpaired) electrons. The second-order valence-electron chi connectivity index (χ2n) is 3.92. The zero-order valence-corrected chi connectivity index (χ0v) is 10.3. The minimum atomic E-state index is -0.285. The molecule has 1 fully saturated rings. The SMILES string of the molecule is CCn1ncc(OC)c1C(N)C1COCCO1. The molecule has 2 heterocycles. The van der Waals surface area contributed by atoms with Crippen LogP contribution in [0.2, 0.25) is 0 Å². The Balaban J connectivity index is 2.21. The van der Waals surface area contributed by atoms with Gasteiger partial charge in [-0.3, -0.25) is 4.68 Å². The number of rotatable bonds is 4. The summed E-state index contributed by atoms with van der Waals surface area (Å²) in [6.07, 6.45) is 1.54. The van der Waals surface area contributed by atoms with Gasteiger partial charge in [0.25, 0.3) is 0 Å². The van der Waals surface area contributed by atoms with Crippen molar-refractivity contribution < 1.29 is 14.2 Å². The van der Waals surface area contributed by atoms with Gasteiger partial charge in [0.2, 0.25) is 0 Å². The van der Waals surface area contributed by atoms with Gasteiger partial charge in [-0.15, -0.1) is 0 Å². The van der Waals surface area contributed by atoms with Gasteiger partial charge >= 0.3 is 0 Å². The molecule has 96 valence electrons. The largest absolute Gasteiger partial charge is 0.493 e. The van der Waals surface area contributed by atoms with Gasteiger partial charge in [0.05, 0.1) is 44.9 Å². The quantitative estimate of drug-likeness (QED) is 0.822. The van der Waals surface area contributed by atoms with E-state index >= 15 is 0 Å². The zero-order valence-electron chi connectivity index (χ0n) is 10.3. The van der Waals surface area contributed by atoms with Gasteiger partial charge in [-0.25, -0.2) is 0 Å². The first-order valence-corrected chi connectivity index (χ1v) is 5.82. The lowest BCUT2D eigenvalue weighted by Crippen LogP contribution is -2.39. The van der Waals surface area contributed by atoms with Crippen LogP contribution in [0.5, 0.6) is 5.75 Å². The monoisotopic (exact) mass is 241 g/mol. The summed E-state index contributed by atoms with van der Waals surface area (Å²) in [7, 11) is 1.62. The van der Waals surface area contributed by atoms with Gasteiger partial charge in [0.1, 0.15) is 6.10 Å². The average Bonchev–Trinajstić information content (AvgIpc) is 2.81. The smallest absolute Gasteiger partial charge is 0.161 e. The summed E-state index contributed by atoms with van der Waals surface area (Å²) in [5, 5.41) is 4.24. The molecular weight excluding hydrogens is 222 g/mol. The van der Waals surface area contributed by atoms with Crippen molar-refractivity contribution in [1.82, 2.24) is 9.78 Å². The van der Waals surface area contributed by atoms with Crippen LogP contribution in [0.25, 0.3) is 0 Å². The molecule has 0 bridgehead atoms. The third-order valence-corrected chi connectivity index (χ3v) is 2.92. The molecule has 6 nitrogen and oxygen atoms in total. The number of hydrogen-bond acceptors (Lipinski definition) is 5. The highest BCUT2D eigenvalue weighted by atomic mass is 16.6. The predicted octanol–water partition coefficient (Wildman–Crippen LogP) is 0.327. The molecule has 2 N–H and O–H groups in total. The summed E-state index contributed by atoms with van der Waals surface area (Å²) in [4.78, 5) is 0. The minimum absolute atomic E-state index is 0.139. The normalized spacial score (nSPS) is 22.4. The Bertz CT molecular complexity index is 339. The number of aryl methyl sites for hydroxylation is 1. The molecule has 2 unspecified atom stereocenters. The minimum Gasteiger partial charge on any atom is -0.493 e. The van der Waals surface area contributed by atoms with E-state index in [1.165, 1.54) is 0 Å². The number of nitrogens with zero attached hydrogens (tertiary/aromatic N) is 2. The maximum Gasteiger partial charge on any atom is 0.161 e. The molecule has 0 amide bonds. The second-order valence-corrected chi connectivity index (χ2v) is 3.92. The first-order valence-electron chi connectivity index (χ1n) is 5.82. The van der Waals surface area contributed by atoms with Crippen LogP contribution in [0.1, 0.15) is 18.7 Å². The summed E-state index contributed by atoms with van der Waals surface area (Å²) in [6.45, 7) is 4.49. The number of methoxy groups -OCH3 is 1. The van der Waals surface area contributed by atoms with Crippen molar-refractivity contribution in [3.63, 3.8) is 0 Å². The van der Waals surface area contributed by atoms with Crippen molar-refractivity contribution in [2.45, 2.75) is 25.6 Å². The van der Waals surface area contributed by atoms with Gasteiger partial charge < -0.3 is 19.9 Å². The van der Waals surface area contributed by atoms with E-state index in [2.05, 4.69) is 5.10 Å². The first-order chi connectivity index (χ1) is 8.27. The molecule has 1 aliphatic rings. The van der Waals surface area contributed by atoms with Crippen LogP contribution in [0, 0.1) is 0 Å². The fourth-order valence-electron chi connectivity index (χ4n) is 2.01. The van der Waals surface area contributed by atoms with E-state index in [0.717, 1.165) is 12.2 Å². The summed E-state index contributed by atoms with van der Waals surface area (Å²) in [6, 6.07) is -0.285. The number of nitrogens with two attached hydrogens (primary N) is 1. The van der Waals surface area contributed by atoms with E-state index in [0.29, 0.717) is 25.6 Å². The van der Waals surface area contributed by atoms with Gasteiger partial charge in [-0.05, 0) is 6.92 Å². The van der Waals surface area contributed by atoms with Crippen LogP contribution < -0.4 is 10.5 Å². The number of ether oxygens (including phenoxy) is 3. The van der Waals surface area contributed by atoms with E-state index in [1.807, 2.05) is 11.6 Å². The van der Waals surface area contributed by atoms with E-state index in [9.17, 15) is 0 Å². The lowest BCUT2D eigenvalue weighted by atomic mass is 10.1. The number of aromatic nitrogens is 2. The van der Waals surface area contributed by atoms with Crippen molar-refractivity contribution in [2.24, 2.45) is 5.73 Å². The van der Waals surface area contributed by atoms with Crippen LogP contribution >= 0.6 is 0 Å². The molecule has 1 saturated heterocycles. The topological polar surface area (TPSA) is 71.5 Å². The van der Waals surface area contributed by atoms with E-state index in [4.69, 9.17) is 19.9 Å². The maximum atomic E-state index is 6.22. The molecule has 0 aromatic carbocycles. The summed E-state index contributed by atoms with van der Waals surface area (Å²) >= 11 is 0. The molecule has 1 aliphatic heterocycles. The van der Waals surface area contributed by atoms with E-state index < -0.39 is 0 Å². The molecule has 0 saturated carbocycles. The van der Waals surface area contributed by atoms with Crippen LogP contribution in [0.4, 0.5) is 0 Å². The lowest BCUT2D eigenvalue weighted by Gasteiger charge is -2.28. The highest BCUT2D eigenvalue weighted by molar-refractivity contribution is 5.29. The Morgan fingerprint density at radius 2 is 2.47 bits per heavy atom. The van der Waals surface area contributed by atoms with Gasteiger partial charge in [-0.1, -0.05) is 0 Å². The fourth-order valence-corrected chi connectivity index (χ4v) is 2.01. The molecular formula is C11H19N3O3. The highest BCUT2D eigenvalue weighted by Gasteiger charge is 2.28. The van der Waals surface area contributed by atoms with E-state index in [-0.39, 0.29) is 12.1 Å². The zero-order chi connectivity index (χ0) is 12.3. The van der Waals surface area contributed by atoms with Crippen molar-refractivity contribution in [3.8, 4) is 5.75 Å². The predicted molar refractivity (Wildman–Crippen MR) is 61.9 cm³/mol.